The number of sulfonamides is 1. The van der Waals surface area contributed by atoms with Crippen LogP contribution >= 0.6 is 15.9 Å². The van der Waals surface area contributed by atoms with Crippen molar-refractivity contribution in [3.05, 3.63) is 58.6 Å². The number of carbonyl (C=O) groups is 1. The van der Waals surface area contributed by atoms with E-state index >= 15 is 0 Å². The van der Waals surface area contributed by atoms with Crippen molar-refractivity contribution in [2.75, 3.05) is 20.8 Å². The number of hydrogen-bond donors (Lipinski definition) is 0. The molecule has 2 rings (SSSR count). The summed E-state index contributed by atoms with van der Waals surface area (Å²) in [6.07, 6.45) is 0. The Balaban J connectivity index is 2.47. The Labute approximate surface area is 155 Å². The van der Waals surface area contributed by atoms with E-state index in [1.165, 1.54) is 20.3 Å². The summed E-state index contributed by atoms with van der Waals surface area (Å²) in [5.41, 5.74) is 0.754. The maximum Gasteiger partial charge on any atom is 0.321 e. The molecule has 0 amide bonds. The monoisotopic (exact) mass is 427 g/mol. The van der Waals surface area contributed by atoms with E-state index in [2.05, 4.69) is 20.7 Å². The number of halogens is 1. The quantitative estimate of drug-likeness (QED) is 0.635. The normalized spacial score (nSPS) is 11.4. The number of hydrogen-bond acceptors (Lipinski definition) is 5. The van der Waals surface area contributed by atoms with E-state index in [0.29, 0.717) is 4.47 Å². The smallest absolute Gasteiger partial charge is 0.321 e. The fraction of sp³-hybridized carbons (Fsp3) is 0.235. The lowest BCUT2D eigenvalue weighted by atomic mass is 10.2. The molecule has 0 N–H and O–H groups in total. The lowest BCUT2D eigenvalue weighted by molar-refractivity contribution is -0.140. The molecule has 0 aliphatic carbocycles. The third-order valence-electron chi connectivity index (χ3n) is 3.48. The number of benzene rings is 2. The Morgan fingerprint density at radius 2 is 1.80 bits per heavy atom. The van der Waals surface area contributed by atoms with Gasteiger partial charge in [0.05, 0.1) is 14.2 Å². The maximum absolute atomic E-state index is 13.1. The van der Waals surface area contributed by atoms with Crippen LogP contribution in [0.4, 0.5) is 0 Å². The van der Waals surface area contributed by atoms with Crippen molar-refractivity contribution in [1.29, 1.82) is 0 Å². The number of rotatable bonds is 7. The van der Waals surface area contributed by atoms with Gasteiger partial charge in [-0.25, -0.2) is 8.42 Å². The highest BCUT2D eigenvalue weighted by Gasteiger charge is 2.30. The van der Waals surface area contributed by atoms with Gasteiger partial charge in [-0.3, -0.25) is 4.79 Å². The van der Waals surface area contributed by atoms with Gasteiger partial charge in [-0.2, -0.15) is 4.31 Å². The van der Waals surface area contributed by atoms with Gasteiger partial charge in [0.25, 0.3) is 0 Å². The predicted octanol–water partition coefficient (Wildman–Crippen LogP) is 2.82. The Bertz CT molecular complexity index is 839. The first-order valence-electron chi connectivity index (χ1n) is 7.33. The van der Waals surface area contributed by atoms with Crippen LogP contribution in [0.25, 0.3) is 0 Å². The van der Waals surface area contributed by atoms with Gasteiger partial charge in [0.15, 0.2) is 0 Å². The summed E-state index contributed by atoms with van der Waals surface area (Å²) in [5, 5.41) is 0. The van der Waals surface area contributed by atoms with Gasteiger partial charge in [0, 0.05) is 11.0 Å². The highest BCUT2D eigenvalue weighted by molar-refractivity contribution is 9.10. The van der Waals surface area contributed by atoms with Crippen molar-refractivity contribution < 1.29 is 22.7 Å². The van der Waals surface area contributed by atoms with Crippen LogP contribution in [-0.4, -0.2) is 39.5 Å². The summed E-state index contributed by atoms with van der Waals surface area (Å²) < 4.78 is 37.7. The molecule has 0 unspecified atom stereocenters. The molecule has 0 fully saturated rings. The van der Waals surface area contributed by atoms with E-state index < -0.39 is 22.5 Å². The van der Waals surface area contributed by atoms with E-state index in [0.717, 1.165) is 9.87 Å². The van der Waals surface area contributed by atoms with E-state index in [1.807, 2.05) is 6.07 Å². The van der Waals surface area contributed by atoms with E-state index in [1.54, 1.807) is 36.4 Å². The molecule has 8 heteroatoms. The van der Waals surface area contributed by atoms with Gasteiger partial charge in [-0.15, -0.1) is 0 Å². The molecule has 0 aromatic heterocycles. The molecule has 0 aliphatic rings. The van der Waals surface area contributed by atoms with Gasteiger partial charge in [0.1, 0.15) is 17.2 Å². The molecule has 0 atom stereocenters. The summed E-state index contributed by atoms with van der Waals surface area (Å²) in [5.74, 6) is -0.445. The fourth-order valence-electron chi connectivity index (χ4n) is 2.21. The zero-order valence-electron chi connectivity index (χ0n) is 13.8. The first-order valence-corrected chi connectivity index (χ1v) is 9.56. The molecule has 0 saturated carbocycles. The van der Waals surface area contributed by atoms with Crippen molar-refractivity contribution in [1.82, 2.24) is 4.31 Å². The van der Waals surface area contributed by atoms with Crippen molar-refractivity contribution in [2.24, 2.45) is 0 Å². The molecular weight excluding hydrogens is 410 g/mol. The van der Waals surface area contributed by atoms with Crippen LogP contribution < -0.4 is 4.74 Å². The first kappa shape index (κ1) is 19.4. The van der Waals surface area contributed by atoms with Crippen molar-refractivity contribution in [3.63, 3.8) is 0 Å². The summed E-state index contributed by atoms with van der Waals surface area (Å²) in [6, 6.07) is 13.7. The number of carbonyl (C=O) groups excluding carboxylic acids is 1. The SMILES string of the molecule is COC(=O)CN(Cc1ccccc1)S(=O)(=O)c1cc(Br)ccc1OC. The molecule has 134 valence electrons. The molecule has 0 bridgehead atoms. The number of methoxy groups -OCH3 is 2. The third-order valence-corrected chi connectivity index (χ3v) is 5.78. The summed E-state index contributed by atoms with van der Waals surface area (Å²) in [4.78, 5) is 11.7. The Kier molecular flexibility index (Phi) is 6.57. The van der Waals surface area contributed by atoms with Crippen LogP contribution in [0.3, 0.4) is 0 Å². The Morgan fingerprint density at radius 3 is 2.40 bits per heavy atom. The highest BCUT2D eigenvalue weighted by Crippen LogP contribution is 2.30. The Morgan fingerprint density at radius 1 is 1.12 bits per heavy atom. The van der Waals surface area contributed by atoms with E-state index in [-0.39, 0.29) is 17.2 Å². The van der Waals surface area contributed by atoms with Gasteiger partial charge < -0.3 is 9.47 Å². The average Bonchev–Trinajstić information content (AvgIpc) is 2.61. The van der Waals surface area contributed by atoms with E-state index in [9.17, 15) is 13.2 Å². The third kappa shape index (κ3) is 4.81. The second-order valence-corrected chi connectivity index (χ2v) is 7.95. The molecule has 0 spiro atoms. The van der Waals surface area contributed by atoms with Crippen LogP contribution in [0.1, 0.15) is 5.56 Å². The van der Waals surface area contributed by atoms with E-state index in [4.69, 9.17) is 4.74 Å². The lowest BCUT2D eigenvalue weighted by Crippen LogP contribution is -2.36. The number of ether oxygens (including phenoxy) is 2. The molecule has 6 nitrogen and oxygen atoms in total. The molecule has 0 radical (unpaired) electrons. The minimum atomic E-state index is -3.99. The second-order valence-electron chi connectivity index (χ2n) is 5.13. The van der Waals surface area contributed by atoms with Gasteiger partial charge in [0.2, 0.25) is 10.0 Å². The molecule has 2 aromatic rings. The molecular formula is C17H18BrNO5S. The van der Waals surface area contributed by atoms with Crippen LogP contribution in [0.2, 0.25) is 0 Å². The minimum absolute atomic E-state index is 0.0239. The average molecular weight is 428 g/mol. The predicted molar refractivity (Wildman–Crippen MR) is 96.7 cm³/mol. The molecule has 2 aromatic carbocycles. The number of esters is 1. The van der Waals surface area contributed by atoms with Crippen molar-refractivity contribution >= 4 is 31.9 Å². The van der Waals surface area contributed by atoms with Crippen LogP contribution in [-0.2, 0) is 26.1 Å². The second kappa shape index (κ2) is 8.46. The first-order chi connectivity index (χ1) is 11.9. The van der Waals surface area contributed by atoms with Gasteiger partial charge in [-0.05, 0) is 23.8 Å². The minimum Gasteiger partial charge on any atom is -0.495 e. The lowest BCUT2D eigenvalue weighted by Gasteiger charge is -2.22. The fourth-order valence-corrected chi connectivity index (χ4v) is 4.28. The van der Waals surface area contributed by atoms with Crippen LogP contribution in [0.15, 0.2) is 57.9 Å². The summed E-state index contributed by atoms with van der Waals surface area (Å²) >= 11 is 3.27. The standard InChI is InChI=1S/C17H18BrNO5S/c1-23-15-9-8-14(18)10-16(15)25(21,22)19(12-17(20)24-2)11-13-6-4-3-5-7-13/h3-10H,11-12H2,1-2H3. The molecule has 0 aliphatic heterocycles. The highest BCUT2D eigenvalue weighted by atomic mass is 79.9. The molecule has 25 heavy (non-hydrogen) atoms. The summed E-state index contributed by atoms with van der Waals surface area (Å²) in [7, 11) is -1.38. The largest absolute Gasteiger partial charge is 0.495 e. The van der Waals surface area contributed by atoms with Crippen molar-refractivity contribution in [2.45, 2.75) is 11.4 Å². The number of nitrogens with zero attached hydrogens (tertiary/aromatic N) is 1. The maximum atomic E-state index is 13.1. The van der Waals surface area contributed by atoms with Crippen LogP contribution in [0.5, 0.6) is 5.75 Å². The van der Waals surface area contributed by atoms with Crippen molar-refractivity contribution in [3.8, 4) is 5.75 Å². The molecule has 0 saturated heterocycles. The zero-order chi connectivity index (χ0) is 18.4. The Hall–Kier alpha value is -1.90. The van der Waals surface area contributed by atoms with Crippen LogP contribution in [0, 0.1) is 0 Å². The van der Waals surface area contributed by atoms with Gasteiger partial charge in [-0.1, -0.05) is 46.3 Å². The molecule has 0 heterocycles. The zero-order valence-corrected chi connectivity index (χ0v) is 16.2. The summed E-state index contributed by atoms with van der Waals surface area (Å²) in [6.45, 7) is -0.364. The topological polar surface area (TPSA) is 72.9 Å². The van der Waals surface area contributed by atoms with Gasteiger partial charge >= 0.3 is 5.97 Å².